The molecule has 0 fully saturated rings. The fourth-order valence-corrected chi connectivity index (χ4v) is 1.65. The molecule has 0 atom stereocenters. The molecule has 0 aliphatic heterocycles. The van der Waals surface area contributed by atoms with Crippen molar-refractivity contribution in [1.82, 2.24) is 0 Å². The van der Waals surface area contributed by atoms with Crippen LogP contribution in [0, 0.1) is 6.92 Å². The van der Waals surface area contributed by atoms with Crippen molar-refractivity contribution in [3.8, 4) is 0 Å². The van der Waals surface area contributed by atoms with Gasteiger partial charge >= 0.3 is 5.97 Å². The van der Waals surface area contributed by atoms with Gasteiger partial charge in [0.15, 0.2) is 0 Å². The topological polar surface area (TPSA) is 26.3 Å². The van der Waals surface area contributed by atoms with Crippen LogP contribution in [0.15, 0.2) is 16.6 Å². The summed E-state index contributed by atoms with van der Waals surface area (Å²) < 4.78 is 5.18. The van der Waals surface area contributed by atoms with Crippen LogP contribution in [-0.4, -0.2) is 13.1 Å². The van der Waals surface area contributed by atoms with Crippen molar-refractivity contribution < 1.29 is 9.53 Å². The molecule has 70 valence electrons. The summed E-state index contributed by atoms with van der Waals surface area (Å²) in [5, 5.41) is 0.514. The fourth-order valence-electron chi connectivity index (χ4n) is 0.983. The van der Waals surface area contributed by atoms with E-state index < -0.39 is 5.97 Å². The molecule has 1 aromatic carbocycles. The lowest BCUT2D eigenvalue weighted by Gasteiger charge is -2.05. The summed E-state index contributed by atoms with van der Waals surface area (Å²) in [6.07, 6.45) is 0. The fraction of sp³-hybridized carbons (Fsp3) is 0.222. The molecule has 4 heteroatoms. The van der Waals surface area contributed by atoms with Gasteiger partial charge < -0.3 is 4.74 Å². The zero-order valence-electron chi connectivity index (χ0n) is 7.23. The predicted octanol–water partition coefficient (Wildman–Crippen LogP) is 3.20. The standard InChI is InChI=1S/C9H8BrClO2/c1-5-3-6(9(12)13-2)8(10)7(11)4-5/h3-4H,1-2H3. The van der Waals surface area contributed by atoms with Gasteiger partial charge in [0.25, 0.3) is 0 Å². The van der Waals surface area contributed by atoms with Gasteiger partial charge in [-0.05, 0) is 40.5 Å². The Morgan fingerprint density at radius 3 is 2.69 bits per heavy atom. The maximum absolute atomic E-state index is 11.2. The smallest absolute Gasteiger partial charge is 0.339 e. The molecular weight excluding hydrogens is 255 g/mol. The van der Waals surface area contributed by atoms with Gasteiger partial charge in [0.05, 0.1) is 22.2 Å². The quantitative estimate of drug-likeness (QED) is 0.727. The molecule has 2 nitrogen and oxygen atoms in total. The number of hydrogen-bond donors (Lipinski definition) is 0. The number of carbonyl (C=O) groups excluding carboxylic acids is 1. The molecule has 0 aliphatic carbocycles. The van der Waals surface area contributed by atoms with Crippen LogP contribution in [0.5, 0.6) is 0 Å². The molecule has 0 unspecified atom stereocenters. The van der Waals surface area contributed by atoms with Gasteiger partial charge in [-0.15, -0.1) is 0 Å². The number of halogens is 2. The molecule has 0 radical (unpaired) electrons. The van der Waals surface area contributed by atoms with E-state index in [1.807, 2.05) is 6.92 Å². The first-order valence-corrected chi connectivity index (χ1v) is 4.77. The van der Waals surface area contributed by atoms with Gasteiger partial charge in [0.1, 0.15) is 0 Å². The number of methoxy groups -OCH3 is 1. The Labute approximate surface area is 90.0 Å². The van der Waals surface area contributed by atoms with Crippen LogP contribution in [0.3, 0.4) is 0 Å². The number of esters is 1. The molecule has 0 saturated carbocycles. The summed E-state index contributed by atoms with van der Waals surface area (Å²) in [7, 11) is 1.34. The van der Waals surface area contributed by atoms with E-state index in [4.69, 9.17) is 11.6 Å². The molecule has 13 heavy (non-hydrogen) atoms. The average molecular weight is 264 g/mol. The van der Waals surface area contributed by atoms with Crippen LogP contribution in [0.2, 0.25) is 5.02 Å². The zero-order valence-corrected chi connectivity index (χ0v) is 9.57. The number of ether oxygens (including phenoxy) is 1. The summed E-state index contributed by atoms with van der Waals surface area (Å²) in [6, 6.07) is 3.50. The van der Waals surface area contributed by atoms with Gasteiger partial charge in [-0.2, -0.15) is 0 Å². The Morgan fingerprint density at radius 2 is 2.15 bits per heavy atom. The predicted molar refractivity (Wildman–Crippen MR) is 55.2 cm³/mol. The monoisotopic (exact) mass is 262 g/mol. The number of benzene rings is 1. The number of rotatable bonds is 1. The third kappa shape index (κ3) is 2.23. The average Bonchev–Trinajstić information content (AvgIpc) is 2.10. The molecule has 0 N–H and O–H groups in total. The largest absolute Gasteiger partial charge is 0.465 e. The van der Waals surface area contributed by atoms with E-state index in [1.165, 1.54) is 7.11 Å². The van der Waals surface area contributed by atoms with E-state index in [9.17, 15) is 4.79 Å². The van der Waals surface area contributed by atoms with Crippen molar-refractivity contribution in [3.63, 3.8) is 0 Å². The molecule has 0 aromatic heterocycles. The zero-order chi connectivity index (χ0) is 10.0. The molecule has 0 spiro atoms. The second-order valence-electron chi connectivity index (χ2n) is 2.60. The number of hydrogen-bond acceptors (Lipinski definition) is 2. The van der Waals surface area contributed by atoms with E-state index in [2.05, 4.69) is 20.7 Å². The van der Waals surface area contributed by atoms with Crippen molar-refractivity contribution in [1.29, 1.82) is 0 Å². The molecule has 1 rings (SSSR count). The maximum atomic E-state index is 11.2. The second kappa shape index (κ2) is 4.11. The Morgan fingerprint density at radius 1 is 1.54 bits per heavy atom. The summed E-state index contributed by atoms with van der Waals surface area (Å²) in [5.41, 5.74) is 1.38. The van der Waals surface area contributed by atoms with E-state index in [1.54, 1.807) is 12.1 Å². The third-order valence-electron chi connectivity index (χ3n) is 1.58. The van der Waals surface area contributed by atoms with E-state index >= 15 is 0 Å². The van der Waals surface area contributed by atoms with E-state index in [0.717, 1.165) is 5.56 Å². The summed E-state index contributed by atoms with van der Waals surface area (Å²) in [6.45, 7) is 1.87. The summed E-state index contributed by atoms with van der Waals surface area (Å²) >= 11 is 9.09. The van der Waals surface area contributed by atoms with Gasteiger partial charge in [-0.1, -0.05) is 11.6 Å². The second-order valence-corrected chi connectivity index (χ2v) is 3.80. The molecular formula is C9H8BrClO2. The minimum absolute atomic E-state index is 0.391. The first-order valence-electron chi connectivity index (χ1n) is 3.60. The van der Waals surface area contributed by atoms with Gasteiger partial charge in [-0.3, -0.25) is 0 Å². The van der Waals surface area contributed by atoms with Crippen LogP contribution >= 0.6 is 27.5 Å². The highest BCUT2D eigenvalue weighted by molar-refractivity contribution is 9.10. The van der Waals surface area contributed by atoms with Crippen molar-refractivity contribution in [2.24, 2.45) is 0 Å². The van der Waals surface area contributed by atoms with E-state index in [0.29, 0.717) is 15.1 Å². The lowest BCUT2D eigenvalue weighted by Crippen LogP contribution is -2.02. The Hall–Kier alpha value is -0.540. The first-order chi connectivity index (χ1) is 6.06. The van der Waals surface area contributed by atoms with Crippen LogP contribution in [0.4, 0.5) is 0 Å². The normalized spacial score (nSPS) is 9.85. The first kappa shape index (κ1) is 10.5. The van der Waals surface area contributed by atoms with Crippen LogP contribution in [0.25, 0.3) is 0 Å². The molecule has 0 amide bonds. The highest BCUT2D eigenvalue weighted by atomic mass is 79.9. The van der Waals surface area contributed by atoms with Crippen LogP contribution < -0.4 is 0 Å². The van der Waals surface area contributed by atoms with Crippen molar-refractivity contribution >= 4 is 33.5 Å². The van der Waals surface area contributed by atoms with Gasteiger partial charge in [0.2, 0.25) is 0 Å². The maximum Gasteiger partial charge on any atom is 0.339 e. The van der Waals surface area contributed by atoms with Crippen LogP contribution in [0.1, 0.15) is 15.9 Å². The lowest BCUT2D eigenvalue weighted by atomic mass is 10.1. The van der Waals surface area contributed by atoms with Gasteiger partial charge in [-0.25, -0.2) is 4.79 Å². The highest BCUT2D eigenvalue weighted by Gasteiger charge is 2.13. The van der Waals surface area contributed by atoms with Crippen LogP contribution in [-0.2, 0) is 4.74 Å². The van der Waals surface area contributed by atoms with Crippen molar-refractivity contribution in [2.45, 2.75) is 6.92 Å². The minimum Gasteiger partial charge on any atom is -0.465 e. The molecule has 0 bridgehead atoms. The lowest BCUT2D eigenvalue weighted by molar-refractivity contribution is 0.0599. The van der Waals surface area contributed by atoms with Crippen molar-refractivity contribution in [3.05, 3.63) is 32.8 Å². The highest BCUT2D eigenvalue weighted by Crippen LogP contribution is 2.28. The molecule has 0 saturated heterocycles. The Bertz CT molecular complexity index is 350. The molecule has 0 heterocycles. The van der Waals surface area contributed by atoms with Gasteiger partial charge in [0, 0.05) is 0 Å². The van der Waals surface area contributed by atoms with E-state index in [-0.39, 0.29) is 0 Å². The van der Waals surface area contributed by atoms with Crippen molar-refractivity contribution in [2.75, 3.05) is 7.11 Å². The summed E-state index contributed by atoms with van der Waals surface area (Å²) in [5.74, 6) is -0.391. The Kier molecular flexibility index (Phi) is 3.33. The molecule has 0 aliphatic rings. The minimum atomic E-state index is -0.391. The molecule has 1 aromatic rings. The number of carbonyl (C=O) groups is 1. The third-order valence-corrected chi connectivity index (χ3v) is 2.96. The Balaban J connectivity index is 3.28. The number of aryl methyl sites for hydroxylation is 1. The summed E-state index contributed by atoms with van der Waals surface area (Å²) in [4.78, 5) is 11.2. The SMILES string of the molecule is COC(=O)c1cc(C)cc(Cl)c1Br.